The van der Waals surface area contributed by atoms with E-state index >= 15 is 0 Å². The zero-order valence-corrected chi connectivity index (χ0v) is 12.7. The molecule has 1 atom stereocenters. The van der Waals surface area contributed by atoms with Gasteiger partial charge in [0.1, 0.15) is 6.61 Å². The third-order valence-corrected chi connectivity index (χ3v) is 4.09. The van der Waals surface area contributed by atoms with E-state index in [0.29, 0.717) is 12.2 Å². The molecule has 0 aliphatic rings. The SMILES string of the molecule is C=C(C)C(=O)OCC(S)CSc1ccc(S)cc1. The van der Waals surface area contributed by atoms with Crippen molar-refractivity contribution in [3.63, 3.8) is 0 Å². The molecule has 5 heteroatoms. The molecule has 0 aliphatic carbocycles. The first-order valence-corrected chi connectivity index (χ1v) is 7.36. The highest BCUT2D eigenvalue weighted by molar-refractivity contribution is 8.00. The lowest BCUT2D eigenvalue weighted by molar-refractivity contribution is -0.138. The van der Waals surface area contributed by atoms with Crippen LogP contribution in [0.5, 0.6) is 0 Å². The van der Waals surface area contributed by atoms with Gasteiger partial charge < -0.3 is 4.74 Å². The molecule has 98 valence electrons. The van der Waals surface area contributed by atoms with E-state index in [9.17, 15) is 4.79 Å². The molecule has 0 spiro atoms. The number of thiol groups is 2. The summed E-state index contributed by atoms with van der Waals surface area (Å²) in [5.74, 6) is 0.414. The second-order valence-electron chi connectivity index (χ2n) is 3.84. The summed E-state index contributed by atoms with van der Waals surface area (Å²) in [6, 6.07) is 7.90. The van der Waals surface area contributed by atoms with Crippen LogP contribution in [0.2, 0.25) is 0 Å². The van der Waals surface area contributed by atoms with Gasteiger partial charge in [0.15, 0.2) is 0 Å². The molecular formula is C13H16O2S3. The van der Waals surface area contributed by atoms with Gasteiger partial charge in [-0.3, -0.25) is 0 Å². The van der Waals surface area contributed by atoms with Crippen molar-refractivity contribution >= 4 is 43.0 Å². The Morgan fingerprint density at radius 3 is 2.61 bits per heavy atom. The van der Waals surface area contributed by atoms with E-state index in [1.54, 1.807) is 18.7 Å². The molecule has 0 saturated heterocycles. The van der Waals surface area contributed by atoms with Crippen LogP contribution in [0.25, 0.3) is 0 Å². The van der Waals surface area contributed by atoms with Gasteiger partial charge in [0.2, 0.25) is 0 Å². The summed E-state index contributed by atoms with van der Waals surface area (Å²) in [5, 5.41) is 0.00831. The number of esters is 1. The van der Waals surface area contributed by atoms with Gasteiger partial charge in [-0.25, -0.2) is 4.79 Å². The van der Waals surface area contributed by atoms with Crippen molar-refractivity contribution in [2.24, 2.45) is 0 Å². The van der Waals surface area contributed by atoms with Crippen LogP contribution in [0, 0.1) is 0 Å². The maximum absolute atomic E-state index is 11.2. The van der Waals surface area contributed by atoms with Crippen LogP contribution in [0.1, 0.15) is 6.92 Å². The van der Waals surface area contributed by atoms with E-state index in [4.69, 9.17) is 4.74 Å². The van der Waals surface area contributed by atoms with Crippen LogP contribution in [-0.2, 0) is 9.53 Å². The van der Waals surface area contributed by atoms with E-state index in [0.717, 1.165) is 15.5 Å². The Kier molecular flexibility index (Phi) is 6.75. The summed E-state index contributed by atoms with van der Waals surface area (Å²) >= 11 is 10.3. The molecule has 1 aromatic carbocycles. The van der Waals surface area contributed by atoms with Gasteiger partial charge in [0.25, 0.3) is 0 Å². The van der Waals surface area contributed by atoms with Crippen molar-refractivity contribution in [2.75, 3.05) is 12.4 Å². The predicted molar refractivity (Wildman–Crippen MR) is 83.0 cm³/mol. The smallest absolute Gasteiger partial charge is 0.333 e. The molecule has 1 unspecified atom stereocenters. The number of hydrogen-bond acceptors (Lipinski definition) is 5. The topological polar surface area (TPSA) is 26.3 Å². The van der Waals surface area contributed by atoms with Crippen LogP contribution >= 0.6 is 37.0 Å². The molecule has 0 aromatic heterocycles. The van der Waals surface area contributed by atoms with Crippen LogP contribution in [0.15, 0.2) is 46.2 Å². The maximum atomic E-state index is 11.2. The fourth-order valence-corrected chi connectivity index (χ4v) is 2.33. The van der Waals surface area contributed by atoms with E-state index in [1.165, 1.54) is 0 Å². The molecule has 0 N–H and O–H groups in total. The fraction of sp³-hybridized carbons (Fsp3) is 0.308. The number of rotatable bonds is 6. The van der Waals surface area contributed by atoms with Crippen molar-refractivity contribution in [1.82, 2.24) is 0 Å². The third kappa shape index (κ3) is 5.89. The largest absolute Gasteiger partial charge is 0.461 e. The summed E-state index contributed by atoms with van der Waals surface area (Å²) in [6.45, 7) is 5.45. The quantitative estimate of drug-likeness (QED) is 0.364. The van der Waals surface area contributed by atoms with Crippen LogP contribution in [-0.4, -0.2) is 23.6 Å². The number of carbonyl (C=O) groups excluding carboxylic acids is 1. The molecule has 0 radical (unpaired) electrons. The maximum Gasteiger partial charge on any atom is 0.333 e. The summed E-state index contributed by atoms with van der Waals surface area (Å²) in [6.07, 6.45) is 0. The fourth-order valence-electron chi connectivity index (χ4n) is 1.08. The third-order valence-electron chi connectivity index (χ3n) is 2.03. The molecule has 1 aromatic rings. The Labute approximate surface area is 123 Å². The van der Waals surface area contributed by atoms with Crippen molar-refractivity contribution in [2.45, 2.75) is 22.0 Å². The highest BCUT2D eigenvalue weighted by Crippen LogP contribution is 2.21. The van der Waals surface area contributed by atoms with Crippen molar-refractivity contribution < 1.29 is 9.53 Å². The van der Waals surface area contributed by atoms with Gasteiger partial charge >= 0.3 is 5.97 Å². The Morgan fingerprint density at radius 1 is 1.44 bits per heavy atom. The summed E-state index contributed by atoms with van der Waals surface area (Å²) in [5.41, 5.74) is 0.410. The Morgan fingerprint density at radius 2 is 2.06 bits per heavy atom. The average molecular weight is 300 g/mol. The zero-order valence-electron chi connectivity index (χ0n) is 10.1. The second-order valence-corrected chi connectivity index (χ2v) is 6.18. The molecule has 0 heterocycles. The Bertz CT molecular complexity index is 415. The van der Waals surface area contributed by atoms with Crippen LogP contribution in [0.3, 0.4) is 0 Å². The minimum absolute atomic E-state index is 0.00831. The normalized spacial score (nSPS) is 11.9. The lowest BCUT2D eigenvalue weighted by Crippen LogP contribution is -2.16. The molecule has 0 aliphatic heterocycles. The molecule has 0 saturated carbocycles. The zero-order chi connectivity index (χ0) is 13.5. The molecule has 0 fully saturated rings. The van der Waals surface area contributed by atoms with Gasteiger partial charge in [-0.15, -0.1) is 24.4 Å². The first-order valence-electron chi connectivity index (χ1n) is 5.41. The monoisotopic (exact) mass is 300 g/mol. The summed E-state index contributed by atoms with van der Waals surface area (Å²) < 4.78 is 5.03. The molecule has 0 bridgehead atoms. The Balaban J connectivity index is 2.28. The average Bonchev–Trinajstić information content (AvgIpc) is 2.35. The van der Waals surface area contributed by atoms with Gasteiger partial charge in [0, 0.05) is 26.4 Å². The van der Waals surface area contributed by atoms with E-state index in [1.807, 2.05) is 24.3 Å². The summed E-state index contributed by atoms with van der Waals surface area (Å²) in [4.78, 5) is 13.3. The minimum Gasteiger partial charge on any atom is -0.461 e. The highest BCUT2D eigenvalue weighted by Gasteiger charge is 2.09. The molecule has 0 amide bonds. The van der Waals surface area contributed by atoms with Gasteiger partial charge in [-0.05, 0) is 31.2 Å². The van der Waals surface area contributed by atoms with Gasteiger partial charge in [-0.2, -0.15) is 12.6 Å². The van der Waals surface area contributed by atoms with Crippen molar-refractivity contribution in [3.8, 4) is 0 Å². The van der Waals surface area contributed by atoms with Crippen molar-refractivity contribution in [3.05, 3.63) is 36.4 Å². The minimum atomic E-state index is -0.363. The molecule has 18 heavy (non-hydrogen) atoms. The number of benzene rings is 1. The van der Waals surface area contributed by atoms with Gasteiger partial charge in [0.05, 0.1) is 0 Å². The van der Waals surface area contributed by atoms with Gasteiger partial charge in [-0.1, -0.05) is 6.58 Å². The number of thioether (sulfide) groups is 1. The lowest BCUT2D eigenvalue weighted by Gasteiger charge is -2.11. The van der Waals surface area contributed by atoms with Crippen molar-refractivity contribution in [1.29, 1.82) is 0 Å². The highest BCUT2D eigenvalue weighted by atomic mass is 32.2. The van der Waals surface area contributed by atoms with E-state index in [-0.39, 0.29) is 11.2 Å². The van der Waals surface area contributed by atoms with Crippen LogP contribution < -0.4 is 0 Å². The number of carbonyl (C=O) groups is 1. The first-order chi connectivity index (χ1) is 8.49. The van der Waals surface area contributed by atoms with Crippen LogP contribution in [0.4, 0.5) is 0 Å². The van der Waals surface area contributed by atoms with E-state index < -0.39 is 0 Å². The number of ether oxygens (including phenoxy) is 1. The summed E-state index contributed by atoms with van der Waals surface area (Å²) in [7, 11) is 0. The Hall–Kier alpha value is -0.520. The number of hydrogen-bond donors (Lipinski definition) is 2. The first kappa shape index (κ1) is 15.5. The molecule has 2 nitrogen and oxygen atoms in total. The second kappa shape index (κ2) is 7.81. The molecule has 1 rings (SSSR count). The lowest BCUT2D eigenvalue weighted by atomic mass is 10.4. The predicted octanol–water partition coefficient (Wildman–Crippen LogP) is 3.49. The van der Waals surface area contributed by atoms with E-state index in [2.05, 4.69) is 31.8 Å². The standard InChI is InChI=1S/C13H16O2S3/c1-9(2)13(14)15-7-11(17)8-18-12-5-3-10(16)4-6-12/h3-6,11,16-17H,1,7-8H2,2H3. The molecular weight excluding hydrogens is 284 g/mol.